The molecule has 0 aromatic carbocycles. The highest BCUT2D eigenvalue weighted by atomic mass is 32.3. The van der Waals surface area contributed by atoms with Crippen LogP contribution in [0.1, 0.15) is 6.42 Å². The molecule has 0 aliphatic carbocycles. The van der Waals surface area contributed by atoms with Gasteiger partial charge in [-0.25, -0.2) is 8.37 Å². The molecule has 0 aromatic heterocycles. The van der Waals surface area contributed by atoms with Gasteiger partial charge in [0.15, 0.2) is 6.61 Å². The van der Waals surface area contributed by atoms with Crippen molar-refractivity contribution in [2.75, 3.05) is 19.0 Å². The lowest BCUT2D eigenvalue weighted by atomic mass is 10.3. The van der Waals surface area contributed by atoms with Crippen molar-refractivity contribution >= 4 is 20.5 Å². The van der Waals surface area contributed by atoms with Crippen molar-refractivity contribution < 1.29 is 42.6 Å². The van der Waals surface area contributed by atoms with E-state index in [4.69, 9.17) is 0 Å². The van der Waals surface area contributed by atoms with Gasteiger partial charge in [-0.2, -0.15) is 30.0 Å². The van der Waals surface area contributed by atoms with Crippen LogP contribution in [0.4, 0.5) is 13.2 Å². The molecular weight excluding hydrogens is 305 g/mol. The van der Waals surface area contributed by atoms with Crippen molar-refractivity contribution in [3.63, 3.8) is 0 Å². The van der Waals surface area contributed by atoms with E-state index in [0.717, 1.165) is 0 Å². The molecule has 1 saturated heterocycles. The number of rotatable bonds is 5. The van der Waals surface area contributed by atoms with Crippen LogP contribution in [0.5, 0.6) is 0 Å². The van der Waals surface area contributed by atoms with Crippen molar-refractivity contribution in [2.24, 2.45) is 0 Å². The summed E-state index contributed by atoms with van der Waals surface area (Å²) in [6.07, 6.45) is -5.86. The Bertz CT molecular complexity index is 480. The van der Waals surface area contributed by atoms with Crippen LogP contribution in [0.3, 0.4) is 0 Å². The summed E-state index contributed by atoms with van der Waals surface area (Å²) >= 11 is 0. The Labute approximate surface area is 101 Å². The average Bonchev–Trinajstić information content (AvgIpc) is 2.52. The lowest BCUT2D eigenvalue weighted by Gasteiger charge is -2.10. The van der Waals surface area contributed by atoms with Crippen molar-refractivity contribution in [3.8, 4) is 0 Å². The fraction of sp³-hybridized carbons (Fsp3) is 1.00. The molecule has 0 saturated carbocycles. The number of halogens is 3. The Balaban J connectivity index is 2.39. The molecular formula is C6H9F3O7S2. The van der Waals surface area contributed by atoms with E-state index >= 15 is 0 Å². The zero-order valence-electron chi connectivity index (χ0n) is 8.71. The van der Waals surface area contributed by atoms with Gasteiger partial charge in [0.05, 0.1) is 12.4 Å². The van der Waals surface area contributed by atoms with Gasteiger partial charge in [-0.05, 0) is 6.42 Å². The van der Waals surface area contributed by atoms with Gasteiger partial charge in [0.1, 0.15) is 6.10 Å². The maximum absolute atomic E-state index is 11.7. The predicted molar refractivity (Wildman–Crippen MR) is 50.2 cm³/mol. The molecule has 7 nitrogen and oxygen atoms in total. The summed E-state index contributed by atoms with van der Waals surface area (Å²) < 4.78 is 90.3. The van der Waals surface area contributed by atoms with Gasteiger partial charge < -0.3 is 0 Å². The summed E-state index contributed by atoms with van der Waals surface area (Å²) in [5.74, 6) is -0.301. The van der Waals surface area contributed by atoms with Gasteiger partial charge in [-0.15, -0.1) is 0 Å². The third-order valence-corrected chi connectivity index (χ3v) is 3.87. The highest BCUT2D eigenvalue weighted by Crippen LogP contribution is 2.19. The van der Waals surface area contributed by atoms with E-state index in [9.17, 15) is 30.0 Å². The fourth-order valence-corrected chi connectivity index (χ4v) is 2.90. The van der Waals surface area contributed by atoms with E-state index in [-0.39, 0.29) is 12.2 Å². The maximum atomic E-state index is 11.7. The number of alkyl halides is 3. The van der Waals surface area contributed by atoms with Gasteiger partial charge in [0.25, 0.3) is 10.1 Å². The summed E-state index contributed by atoms with van der Waals surface area (Å²) in [5, 5.41) is 0. The SMILES string of the molecule is O=S1(=O)CCC(COS(=O)(=O)OCC(F)(F)F)O1. The summed E-state index contributed by atoms with van der Waals surface area (Å²) in [6, 6.07) is 0. The van der Waals surface area contributed by atoms with E-state index in [1.165, 1.54) is 0 Å². The van der Waals surface area contributed by atoms with Crippen molar-refractivity contribution in [3.05, 3.63) is 0 Å². The van der Waals surface area contributed by atoms with E-state index in [1.807, 2.05) is 0 Å². The molecule has 1 atom stereocenters. The first-order valence-corrected chi connectivity index (χ1v) is 7.42. The highest BCUT2D eigenvalue weighted by molar-refractivity contribution is 7.86. The van der Waals surface area contributed by atoms with E-state index < -0.39 is 46.0 Å². The van der Waals surface area contributed by atoms with Crippen LogP contribution in [0.2, 0.25) is 0 Å². The molecule has 12 heteroatoms. The van der Waals surface area contributed by atoms with Crippen molar-refractivity contribution in [2.45, 2.75) is 18.7 Å². The zero-order valence-corrected chi connectivity index (χ0v) is 10.3. The molecule has 108 valence electrons. The van der Waals surface area contributed by atoms with Crippen LogP contribution in [0.25, 0.3) is 0 Å². The normalized spacial score (nSPS) is 24.3. The third-order valence-electron chi connectivity index (χ3n) is 1.74. The Hall–Kier alpha value is -0.430. The van der Waals surface area contributed by atoms with Gasteiger partial charge in [0.2, 0.25) is 0 Å². The minimum Gasteiger partial charge on any atom is -0.264 e. The molecule has 1 rings (SSSR count). The molecule has 1 fully saturated rings. The van der Waals surface area contributed by atoms with Gasteiger partial charge in [-0.3, -0.25) is 4.18 Å². The summed E-state index contributed by atoms with van der Waals surface area (Å²) in [4.78, 5) is 0. The van der Waals surface area contributed by atoms with Crippen molar-refractivity contribution in [1.82, 2.24) is 0 Å². The molecule has 0 spiro atoms. The van der Waals surface area contributed by atoms with Crippen LogP contribution in [0, 0.1) is 0 Å². The molecule has 0 radical (unpaired) electrons. The minimum atomic E-state index is -4.83. The van der Waals surface area contributed by atoms with E-state index in [1.54, 1.807) is 0 Å². The smallest absolute Gasteiger partial charge is 0.264 e. The molecule has 0 N–H and O–H groups in total. The maximum Gasteiger partial charge on any atom is 0.413 e. The van der Waals surface area contributed by atoms with Crippen LogP contribution in [-0.2, 0) is 33.1 Å². The zero-order chi connectivity index (χ0) is 14.0. The lowest BCUT2D eigenvalue weighted by molar-refractivity contribution is -0.154. The minimum absolute atomic E-state index is 0.00285. The van der Waals surface area contributed by atoms with Gasteiger partial charge in [-0.1, -0.05) is 0 Å². The first kappa shape index (κ1) is 15.6. The van der Waals surface area contributed by atoms with Crippen LogP contribution in [0.15, 0.2) is 0 Å². The molecule has 1 heterocycles. The monoisotopic (exact) mass is 314 g/mol. The second kappa shape index (κ2) is 5.28. The standard InChI is InChI=1S/C6H9F3O7S2/c7-6(8,9)4-15-18(12,13)14-3-5-1-2-17(10,11)16-5/h5H,1-4H2. The van der Waals surface area contributed by atoms with Crippen LogP contribution < -0.4 is 0 Å². The Morgan fingerprint density at radius 1 is 1.28 bits per heavy atom. The molecule has 0 amide bonds. The summed E-state index contributed by atoms with van der Waals surface area (Å²) in [7, 11) is -8.53. The molecule has 1 unspecified atom stereocenters. The van der Waals surface area contributed by atoms with Gasteiger partial charge >= 0.3 is 16.6 Å². The molecule has 1 aliphatic heterocycles. The third kappa shape index (κ3) is 5.95. The van der Waals surface area contributed by atoms with Gasteiger partial charge in [0, 0.05) is 0 Å². The quantitative estimate of drug-likeness (QED) is 0.656. The fourth-order valence-electron chi connectivity index (χ4n) is 1.02. The van der Waals surface area contributed by atoms with Crippen molar-refractivity contribution in [1.29, 1.82) is 0 Å². The Morgan fingerprint density at radius 3 is 2.33 bits per heavy atom. The van der Waals surface area contributed by atoms with Crippen LogP contribution >= 0.6 is 0 Å². The van der Waals surface area contributed by atoms with E-state index in [2.05, 4.69) is 12.5 Å². The molecule has 18 heavy (non-hydrogen) atoms. The first-order valence-electron chi connectivity index (χ1n) is 4.51. The first-order chi connectivity index (χ1) is 7.99. The molecule has 0 bridgehead atoms. The second-order valence-electron chi connectivity index (χ2n) is 3.34. The van der Waals surface area contributed by atoms with Crippen LogP contribution in [-0.4, -0.2) is 48.1 Å². The highest BCUT2D eigenvalue weighted by Gasteiger charge is 2.33. The molecule has 1 aliphatic rings. The molecule has 0 aromatic rings. The predicted octanol–water partition coefficient (Wildman–Crippen LogP) is -0.0546. The number of hydrogen-bond donors (Lipinski definition) is 0. The summed E-state index contributed by atoms with van der Waals surface area (Å²) in [6.45, 7) is -2.74. The van der Waals surface area contributed by atoms with E-state index in [0.29, 0.717) is 0 Å². The number of hydrogen-bond acceptors (Lipinski definition) is 7. The second-order valence-corrected chi connectivity index (χ2v) is 6.34. The Kier molecular flexibility index (Phi) is 4.59. The Morgan fingerprint density at radius 2 is 1.89 bits per heavy atom. The topological polar surface area (TPSA) is 96.0 Å². The summed E-state index contributed by atoms with van der Waals surface area (Å²) in [5.41, 5.74) is 0. The lowest BCUT2D eigenvalue weighted by Crippen LogP contribution is -2.24. The largest absolute Gasteiger partial charge is 0.413 e. The average molecular weight is 314 g/mol.